The third-order valence-corrected chi connectivity index (χ3v) is 11.0. The molecule has 12 bridgehead atoms. The van der Waals surface area contributed by atoms with Crippen molar-refractivity contribution < 1.29 is 42.1 Å². The van der Waals surface area contributed by atoms with E-state index in [1.165, 1.54) is 39.3 Å². The number of nitrogens with zero attached hydrogens (tertiary/aromatic N) is 9. The molecule has 2 N–H and O–H groups in total. The van der Waals surface area contributed by atoms with Gasteiger partial charge in [-0.1, -0.05) is 37.3 Å². The summed E-state index contributed by atoms with van der Waals surface area (Å²) < 4.78 is 57.8. The molecule has 7 heterocycles. The number of fused-ring (bicyclic) bond motifs is 6. The molecule has 9 atom stereocenters. The summed E-state index contributed by atoms with van der Waals surface area (Å²) in [5, 5.41) is 10.8. The van der Waals surface area contributed by atoms with Crippen molar-refractivity contribution in [3.8, 4) is 0 Å². The van der Waals surface area contributed by atoms with Gasteiger partial charge >= 0.3 is 6.72 Å². The second-order valence-electron chi connectivity index (χ2n) is 12.7. The molecule has 0 spiro atoms. The molecule has 53 heavy (non-hydrogen) atoms. The molecular weight excluding hydrogens is 735 g/mol. The van der Waals surface area contributed by atoms with Crippen molar-refractivity contribution in [1.29, 1.82) is 0 Å². The molecular formula is C33H34F2N9O7PS. The molecule has 1 aromatic carbocycles. The smallest absolute Gasteiger partial charge is 0.325 e. The number of rotatable bonds is 2. The van der Waals surface area contributed by atoms with Gasteiger partial charge in [0, 0.05) is 12.1 Å². The predicted octanol–water partition coefficient (Wildman–Crippen LogP) is 3.68. The SMILES string of the molecule is CC[C@H]1O[C@@H]2[C@H](F)[C@@H]1OP(O)(=S)OC[C@H]1OC([C@H](F)[C@@H]1O)n1cnc3c(ncnc31)N(C(=O)c1ccccc1)C/C=C/CCc1ncnc3c1ncn32. The van der Waals surface area contributed by atoms with Gasteiger partial charge in [0.15, 0.2) is 47.4 Å². The average Bonchev–Trinajstić information content (AvgIpc) is 3.93. The van der Waals surface area contributed by atoms with Crippen LogP contribution >= 0.6 is 6.72 Å². The first-order valence-electron chi connectivity index (χ1n) is 16.9. The summed E-state index contributed by atoms with van der Waals surface area (Å²) >= 11 is 5.24. The predicted molar refractivity (Wildman–Crippen MR) is 187 cm³/mol. The number of halogens is 2. The standard InChI is InChI=1S/C33H34F2N9O7PS/c1-2-20-27-23(35)33(49-20)43-16-40-24-19(36-14-37-28(24)43)11-7-4-8-12-42(31(46)18-9-5-3-6-10-18)29-25-30(39-15-38-29)44(17-41-25)32-22(34)26(45)21(50-32)13-48-52(47,53)51-27/h3-6,8-10,14-17,20-23,26-27,32-33,45H,2,7,11-13H2,1H3,(H,47,53)/b8-4+/t20-,21-,22-,23-,26-,27-,32?,33-,52?/m1/s1. The fourth-order valence-electron chi connectivity index (χ4n) is 6.80. The second-order valence-corrected chi connectivity index (χ2v) is 15.5. The van der Waals surface area contributed by atoms with Crippen LogP contribution in [-0.2, 0) is 36.7 Å². The maximum atomic E-state index is 16.2. The molecule has 2 unspecified atom stereocenters. The quantitative estimate of drug-likeness (QED) is 0.196. The molecule has 2 fully saturated rings. The van der Waals surface area contributed by atoms with Crippen LogP contribution in [0.4, 0.5) is 14.6 Å². The number of benzene rings is 1. The fourth-order valence-corrected chi connectivity index (χ4v) is 8.24. The van der Waals surface area contributed by atoms with E-state index >= 15 is 8.78 Å². The fraction of sp³-hybridized carbons (Fsp3) is 0.424. The van der Waals surface area contributed by atoms with Crippen LogP contribution < -0.4 is 4.90 Å². The number of allylic oxidation sites excluding steroid dienone is 1. The number of carbonyl (C=O) groups excluding carboxylic acids is 1. The van der Waals surface area contributed by atoms with Crippen LogP contribution in [0.2, 0.25) is 0 Å². The molecule has 2 saturated heterocycles. The molecule has 0 aliphatic carbocycles. The van der Waals surface area contributed by atoms with E-state index in [9.17, 15) is 14.8 Å². The number of anilines is 1. The number of ether oxygens (including phenoxy) is 2. The second kappa shape index (κ2) is 14.6. The van der Waals surface area contributed by atoms with E-state index in [1.54, 1.807) is 37.3 Å². The largest absolute Gasteiger partial charge is 0.387 e. The van der Waals surface area contributed by atoms with Crippen molar-refractivity contribution in [3.63, 3.8) is 0 Å². The van der Waals surface area contributed by atoms with Gasteiger partial charge in [-0.25, -0.2) is 38.7 Å². The van der Waals surface area contributed by atoms with Crippen molar-refractivity contribution in [2.24, 2.45) is 0 Å². The Labute approximate surface area is 305 Å². The lowest BCUT2D eigenvalue weighted by Crippen LogP contribution is -2.33. The highest BCUT2D eigenvalue weighted by Gasteiger charge is 2.50. The molecule has 278 valence electrons. The number of aromatic nitrogens is 8. The lowest BCUT2D eigenvalue weighted by molar-refractivity contribution is -0.0471. The highest BCUT2D eigenvalue weighted by Crippen LogP contribution is 2.51. The van der Waals surface area contributed by atoms with Crippen molar-refractivity contribution in [3.05, 3.63) is 79.1 Å². The lowest BCUT2D eigenvalue weighted by Gasteiger charge is -2.25. The Kier molecular flexibility index (Phi) is 9.84. The number of imidazole rings is 2. The van der Waals surface area contributed by atoms with Crippen LogP contribution in [0.3, 0.4) is 0 Å². The van der Waals surface area contributed by atoms with Crippen molar-refractivity contribution >= 4 is 52.6 Å². The highest BCUT2D eigenvalue weighted by atomic mass is 32.5. The van der Waals surface area contributed by atoms with E-state index in [2.05, 4.69) is 29.9 Å². The molecule has 16 nitrogen and oxygen atoms in total. The van der Waals surface area contributed by atoms with Gasteiger partial charge in [0.25, 0.3) is 5.91 Å². The van der Waals surface area contributed by atoms with Crippen LogP contribution in [0.15, 0.2) is 67.8 Å². The molecule has 20 heteroatoms. The molecule has 0 saturated carbocycles. The van der Waals surface area contributed by atoms with E-state index < -0.39 is 62.5 Å². The molecule has 3 aliphatic heterocycles. The van der Waals surface area contributed by atoms with Gasteiger partial charge in [-0.2, -0.15) is 0 Å². The molecule has 3 aliphatic rings. The molecule has 1 amide bonds. The summed E-state index contributed by atoms with van der Waals surface area (Å²) in [6, 6.07) is 8.65. The first kappa shape index (κ1) is 35.8. The van der Waals surface area contributed by atoms with Crippen LogP contribution in [0.5, 0.6) is 0 Å². The maximum Gasteiger partial charge on any atom is 0.325 e. The first-order chi connectivity index (χ1) is 25.6. The summed E-state index contributed by atoms with van der Waals surface area (Å²) in [5.41, 5.74) is 2.14. The van der Waals surface area contributed by atoms with E-state index in [4.69, 9.17) is 30.3 Å². The Morgan fingerprint density at radius 2 is 1.64 bits per heavy atom. The Balaban J connectivity index is 1.17. The third-order valence-electron chi connectivity index (χ3n) is 9.47. The number of aliphatic hydroxyl groups is 1. The zero-order valence-electron chi connectivity index (χ0n) is 28.1. The highest BCUT2D eigenvalue weighted by molar-refractivity contribution is 8.07. The molecule has 8 rings (SSSR count). The minimum absolute atomic E-state index is 0.0934. The Bertz CT molecular complexity index is 2210. The molecule has 0 radical (unpaired) electrons. The van der Waals surface area contributed by atoms with Crippen molar-refractivity contribution in [2.45, 2.75) is 75.4 Å². The summed E-state index contributed by atoms with van der Waals surface area (Å²) in [6.07, 6.45) is -1.41. The van der Waals surface area contributed by atoms with Crippen LogP contribution in [0.25, 0.3) is 22.3 Å². The van der Waals surface area contributed by atoms with E-state index in [-0.39, 0.29) is 29.4 Å². The number of amides is 1. The third kappa shape index (κ3) is 6.65. The van der Waals surface area contributed by atoms with E-state index in [0.29, 0.717) is 41.7 Å². The van der Waals surface area contributed by atoms with Gasteiger partial charge in [-0.3, -0.25) is 23.4 Å². The Hall–Kier alpha value is -4.20. The van der Waals surface area contributed by atoms with Gasteiger partial charge in [-0.05, 0) is 43.2 Å². The summed E-state index contributed by atoms with van der Waals surface area (Å²) in [5.74, 6) is -0.192. The summed E-state index contributed by atoms with van der Waals surface area (Å²) in [7, 11) is 0. The minimum Gasteiger partial charge on any atom is -0.387 e. The topological polar surface area (TPSA) is 185 Å². The van der Waals surface area contributed by atoms with Crippen LogP contribution in [0.1, 0.15) is 48.3 Å². The summed E-state index contributed by atoms with van der Waals surface area (Å²) in [6.45, 7) is -2.92. The first-order valence-corrected chi connectivity index (χ1v) is 19.5. The van der Waals surface area contributed by atoms with E-state index in [0.717, 1.165) is 0 Å². The number of aliphatic hydroxyl groups excluding tert-OH is 1. The van der Waals surface area contributed by atoms with Gasteiger partial charge in [0.1, 0.15) is 36.5 Å². The van der Waals surface area contributed by atoms with Crippen molar-refractivity contribution in [2.75, 3.05) is 18.1 Å². The van der Waals surface area contributed by atoms with Crippen molar-refractivity contribution in [1.82, 2.24) is 39.0 Å². The maximum absolute atomic E-state index is 16.2. The molecule has 5 aromatic rings. The number of carbonyl (C=O) groups is 1. The van der Waals surface area contributed by atoms with Crippen LogP contribution in [0, 0.1) is 0 Å². The number of hydrogen-bond acceptors (Lipinski definition) is 13. The minimum atomic E-state index is -4.20. The van der Waals surface area contributed by atoms with E-state index in [1.807, 2.05) is 12.2 Å². The Morgan fingerprint density at radius 3 is 2.40 bits per heavy atom. The number of hydrogen-bond donors (Lipinski definition) is 2. The number of aryl methyl sites for hydroxylation is 1. The zero-order valence-corrected chi connectivity index (χ0v) is 29.8. The zero-order chi connectivity index (χ0) is 36.9. The van der Waals surface area contributed by atoms with Gasteiger partial charge in [0.2, 0.25) is 0 Å². The monoisotopic (exact) mass is 769 g/mol. The number of alkyl halides is 2. The van der Waals surface area contributed by atoms with Gasteiger partial charge < -0.3 is 24.0 Å². The Morgan fingerprint density at radius 1 is 0.943 bits per heavy atom. The summed E-state index contributed by atoms with van der Waals surface area (Å²) in [4.78, 5) is 52.8. The lowest BCUT2D eigenvalue weighted by atomic mass is 10.1. The van der Waals surface area contributed by atoms with Gasteiger partial charge in [-0.15, -0.1) is 0 Å². The normalized spacial score (nSPS) is 31.7. The average molecular weight is 770 g/mol. The molecule has 4 aromatic heterocycles. The van der Waals surface area contributed by atoms with Crippen LogP contribution in [-0.4, -0.2) is 105 Å². The van der Waals surface area contributed by atoms with Gasteiger partial charge in [0.05, 0.1) is 31.1 Å².